The number of nitrogens with one attached hydrogen (secondary N) is 2. The van der Waals surface area contributed by atoms with Crippen LogP contribution in [0.2, 0.25) is 0 Å². The molecule has 2 unspecified atom stereocenters. The van der Waals surface area contributed by atoms with Crippen LogP contribution in [0.25, 0.3) is 0 Å². The number of piperazine rings is 1. The van der Waals surface area contributed by atoms with Gasteiger partial charge in [-0.25, -0.2) is 4.39 Å². The molecule has 0 spiro atoms. The van der Waals surface area contributed by atoms with E-state index in [4.69, 9.17) is 4.74 Å². The SMILES string of the molecule is CCOCC(=O)NC(C(=O)N1CCN(C)CC1)C(C)c1ccc(NC(=O)CC(C2CC2)C2CC2)c(F)c1. The highest BCUT2D eigenvalue weighted by Gasteiger charge is 2.42. The van der Waals surface area contributed by atoms with E-state index in [1.165, 1.54) is 31.7 Å². The maximum absolute atomic E-state index is 15.1. The Kier molecular flexibility index (Phi) is 9.18. The third-order valence-corrected chi connectivity index (χ3v) is 8.00. The lowest BCUT2D eigenvalue weighted by Gasteiger charge is -2.36. The van der Waals surface area contributed by atoms with Gasteiger partial charge in [0.1, 0.15) is 18.5 Å². The summed E-state index contributed by atoms with van der Waals surface area (Å²) in [7, 11) is 2.01. The average Bonchev–Trinajstić information content (AvgIpc) is 3.80. The first-order valence-corrected chi connectivity index (χ1v) is 13.7. The zero-order valence-corrected chi connectivity index (χ0v) is 22.3. The third-order valence-electron chi connectivity index (χ3n) is 8.00. The van der Waals surface area contributed by atoms with Crippen molar-refractivity contribution in [2.75, 3.05) is 51.8 Å². The summed E-state index contributed by atoms with van der Waals surface area (Å²) in [4.78, 5) is 42.5. The van der Waals surface area contributed by atoms with Crippen LogP contribution in [0.1, 0.15) is 57.4 Å². The van der Waals surface area contributed by atoms with Crippen molar-refractivity contribution in [3.63, 3.8) is 0 Å². The van der Waals surface area contributed by atoms with Crippen molar-refractivity contribution in [2.45, 2.75) is 57.9 Å². The minimum atomic E-state index is -0.853. The predicted molar refractivity (Wildman–Crippen MR) is 140 cm³/mol. The van der Waals surface area contributed by atoms with Gasteiger partial charge in [0.2, 0.25) is 17.7 Å². The van der Waals surface area contributed by atoms with Crippen molar-refractivity contribution in [3.8, 4) is 0 Å². The first-order valence-electron chi connectivity index (χ1n) is 13.7. The van der Waals surface area contributed by atoms with E-state index in [1.54, 1.807) is 24.0 Å². The van der Waals surface area contributed by atoms with Crippen molar-refractivity contribution in [2.24, 2.45) is 17.8 Å². The number of carbonyl (C=O) groups excluding carboxylic acids is 3. The van der Waals surface area contributed by atoms with Crippen LogP contribution in [0.5, 0.6) is 0 Å². The van der Waals surface area contributed by atoms with Crippen LogP contribution < -0.4 is 10.6 Å². The van der Waals surface area contributed by atoms with Crippen LogP contribution >= 0.6 is 0 Å². The van der Waals surface area contributed by atoms with Gasteiger partial charge in [0, 0.05) is 45.1 Å². The van der Waals surface area contributed by atoms with Crippen molar-refractivity contribution >= 4 is 23.4 Å². The number of rotatable bonds is 12. The van der Waals surface area contributed by atoms with Crippen molar-refractivity contribution in [1.29, 1.82) is 0 Å². The lowest BCUT2D eigenvalue weighted by molar-refractivity contribution is -0.139. The lowest BCUT2D eigenvalue weighted by Crippen LogP contribution is -2.56. The number of hydrogen-bond acceptors (Lipinski definition) is 5. The fourth-order valence-electron chi connectivity index (χ4n) is 5.32. The van der Waals surface area contributed by atoms with Gasteiger partial charge in [0.25, 0.3) is 0 Å². The maximum atomic E-state index is 15.1. The summed E-state index contributed by atoms with van der Waals surface area (Å²) in [5, 5.41) is 5.57. The van der Waals surface area contributed by atoms with Crippen LogP contribution in [0.3, 0.4) is 0 Å². The Morgan fingerprint density at radius 3 is 2.27 bits per heavy atom. The van der Waals surface area contributed by atoms with Gasteiger partial charge in [-0.3, -0.25) is 14.4 Å². The Morgan fingerprint density at radius 2 is 1.70 bits per heavy atom. The van der Waals surface area contributed by atoms with E-state index < -0.39 is 17.8 Å². The fraction of sp³-hybridized carbons (Fsp3) is 0.679. The molecule has 2 saturated carbocycles. The van der Waals surface area contributed by atoms with Crippen LogP contribution in [-0.2, 0) is 19.1 Å². The van der Waals surface area contributed by atoms with Gasteiger partial charge in [-0.2, -0.15) is 0 Å². The fourth-order valence-corrected chi connectivity index (χ4v) is 5.32. The van der Waals surface area contributed by atoms with Gasteiger partial charge in [0.15, 0.2) is 0 Å². The van der Waals surface area contributed by atoms with Crippen molar-refractivity contribution in [3.05, 3.63) is 29.6 Å². The second kappa shape index (κ2) is 12.3. The van der Waals surface area contributed by atoms with Gasteiger partial charge in [-0.05, 0) is 75.1 Å². The molecule has 1 aromatic rings. The number of benzene rings is 1. The first-order chi connectivity index (χ1) is 17.8. The molecule has 1 aliphatic heterocycles. The highest BCUT2D eigenvalue weighted by molar-refractivity contribution is 5.91. The molecular weight excluding hydrogens is 475 g/mol. The van der Waals surface area contributed by atoms with E-state index >= 15 is 4.39 Å². The molecule has 1 heterocycles. The highest BCUT2D eigenvalue weighted by atomic mass is 19.1. The molecule has 0 aromatic heterocycles. The molecule has 9 heteroatoms. The molecule has 37 heavy (non-hydrogen) atoms. The Morgan fingerprint density at radius 1 is 1.05 bits per heavy atom. The minimum Gasteiger partial charge on any atom is -0.372 e. The molecule has 0 bridgehead atoms. The molecule has 1 saturated heterocycles. The second-order valence-electron chi connectivity index (χ2n) is 10.9. The topological polar surface area (TPSA) is 91.0 Å². The summed E-state index contributed by atoms with van der Waals surface area (Å²) < 4.78 is 20.3. The number of ether oxygens (including phenoxy) is 1. The number of likely N-dealkylation sites (N-methyl/N-ethyl adjacent to an activating group) is 1. The smallest absolute Gasteiger partial charge is 0.246 e. The van der Waals surface area contributed by atoms with E-state index in [0.717, 1.165) is 13.1 Å². The van der Waals surface area contributed by atoms with E-state index in [-0.39, 0.29) is 30.0 Å². The highest BCUT2D eigenvalue weighted by Crippen LogP contribution is 2.50. The molecule has 3 fully saturated rings. The molecular formula is C28H41FN4O4. The first kappa shape index (κ1) is 27.5. The monoisotopic (exact) mass is 516 g/mol. The standard InChI is InChI=1S/C28H41FN4O4/c1-4-37-17-26(35)31-27(28(36)33-13-11-32(3)12-14-33)18(2)21-9-10-24(23(29)15-21)30-25(34)16-22(19-5-6-19)20-7-8-20/h9-10,15,18-20,22,27H,4-8,11-14,16-17H2,1-3H3,(H,30,34)(H,31,35). The normalized spacial score (nSPS) is 20.0. The zero-order chi connectivity index (χ0) is 26.5. The Hall–Kier alpha value is -2.52. The minimum absolute atomic E-state index is 0.141. The molecule has 0 radical (unpaired) electrons. The zero-order valence-electron chi connectivity index (χ0n) is 22.3. The number of hydrogen-bond donors (Lipinski definition) is 2. The largest absolute Gasteiger partial charge is 0.372 e. The van der Waals surface area contributed by atoms with Crippen molar-refractivity contribution in [1.82, 2.24) is 15.1 Å². The van der Waals surface area contributed by atoms with E-state index in [0.29, 0.717) is 49.4 Å². The quantitative estimate of drug-likeness (QED) is 0.446. The summed E-state index contributed by atoms with van der Waals surface area (Å²) in [5.74, 6) is -0.0117. The molecule has 4 rings (SSSR count). The van der Waals surface area contributed by atoms with Gasteiger partial charge >= 0.3 is 0 Å². The van der Waals surface area contributed by atoms with Gasteiger partial charge in [-0.1, -0.05) is 13.0 Å². The molecule has 8 nitrogen and oxygen atoms in total. The number of halogens is 1. The predicted octanol–water partition coefficient (Wildman–Crippen LogP) is 2.99. The Bertz CT molecular complexity index is 961. The van der Waals surface area contributed by atoms with Crippen molar-refractivity contribution < 1.29 is 23.5 Å². The van der Waals surface area contributed by atoms with Crippen LogP contribution in [0.15, 0.2) is 18.2 Å². The summed E-state index contributed by atoms with van der Waals surface area (Å²) in [6.45, 7) is 6.50. The Balaban J connectivity index is 1.43. The maximum Gasteiger partial charge on any atom is 0.246 e. The summed E-state index contributed by atoms with van der Waals surface area (Å²) >= 11 is 0. The Labute approximate surface area is 219 Å². The van der Waals surface area contributed by atoms with E-state index in [1.807, 2.05) is 14.0 Å². The third kappa shape index (κ3) is 7.51. The van der Waals surface area contributed by atoms with Gasteiger partial charge in [0.05, 0.1) is 5.69 Å². The number of anilines is 1. The van der Waals surface area contributed by atoms with Crippen LogP contribution in [0.4, 0.5) is 10.1 Å². The second-order valence-corrected chi connectivity index (χ2v) is 10.9. The number of carbonyl (C=O) groups is 3. The molecule has 2 atom stereocenters. The summed E-state index contributed by atoms with van der Waals surface area (Å²) in [6.07, 6.45) is 5.24. The molecule has 2 aliphatic carbocycles. The van der Waals surface area contributed by atoms with E-state index in [2.05, 4.69) is 15.5 Å². The number of amides is 3. The molecule has 3 amide bonds. The van der Waals surface area contributed by atoms with Crippen LogP contribution in [-0.4, -0.2) is 80.0 Å². The molecule has 3 aliphatic rings. The molecule has 1 aromatic carbocycles. The van der Waals surface area contributed by atoms with E-state index in [9.17, 15) is 14.4 Å². The van der Waals surface area contributed by atoms with Crippen LogP contribution in [0, 0.1) is 23.6 Å². The van der Waals surface area contributed by atoms with Gasteiger partial charge < -0.3 is 25.2 Å². The molecule has 204 valence electrons. The average molecular weight is 517 g/mol. The van der Waals surface area contributed by atoms with Gasteiger partial charge in [-0.15, -0.1) is 0 Å². The lowest BCUT2D eigenvalue weighted by atomic mass is 9.91. The molecule has 2 N–H and O–H groups in total. The summed E-state index contributed by atoms with van der Waals surface area (Å²) in [6, 6.07) is 3.79. The number of nitrogens with zero attached hydrogens (tertiary/aromatic N) is 2. The summed E-state index contributed by atoms with van der Waals surface area (Å²) in [5.41, 5.74) is 0.724.